The van der Waals surface area contributed by atoms with Crippen LogP contribution in [0.25, 0.3) is 11.3 Å². The summed E-state index contributed by atoms with van der Waals surface area (Å²) in [7, 11) is 1.72. The van der Waals surface area contributed by atoms with Gasteiger partial charge in [-0.15, -0.1) is 12.6 Å². The zero-order valence-corrected chi connectivity index (χ0v) is 9.39. The van der Waals surface area contributed by atoms with E-state index in [0.717, 1.165) is 0 Å². The molecule has 1 aromatic heterocycles. The van der Waals surface area contributed by atoms with Gasteiger partial charge in [-0.3, -0.25) is 0 Å². The zero-order chi connectivity index (χ0) is 11.7. The molecule has 0 radical (unpaired) electrons. The van der Waals surface area contributed by atoms with Crippen molar-refractivity contribution in [1.29, 1.82) is 0 Å². The van der Waals surface area contributed by atoms with Crippen LogP contribution in [0.3, 0.4) is 0 Å². The summed E-state index contributed by atoms with van der Waals surface area (Å²) in [6.07, 6.45) is 1.42. The Morgan fingerprint density at radius 2 is 2.12 bits per heavy atom. The van der Waals surface area contributed by atoms with E-state index in [-0.39, 0.29) is 5.82 Å². The van der Waals surface area contributed by atoms with Crippen LogP contribution in [-0.4, -0.2) is 14.5 Å². The first-order chi connectivity index (χ1) is 7.61. The Kier molecular flexibility index (Phi) is 2.66. The van der Waals surface area contributed by atoms with Crippen LogP contribution in [0.15, 0.2) is 35.5 Å². The number of nitrogens with zero attached hydrogens (tertiary/aromatic N) is 3. The number of nitro groups is 1. The predicted molar refractivity (Wildman–Crippen MR) is 62.6 cm³/mol. The molecule has 6 heteroatoms. The van der Waals surface area contributed by atoms with Gasteiger partial charge in [0.25, 0.3) is 0 Å². The Hall–Kier alpha value is -1.82. The third-order valence-corrected chi connectivity index (χ3v) is 2.64. The molecule has 16 heavy (non-hydrogen) atoms. The van der Waals surface area contributed by atoms with E-state index in [9.17, 15) is 10.1 Å². The highest BCUT2D eigenvalue weighted by molar-refractivity contribution is 7.80. The molecule has 0 atom stereocenters. The molecule has 0 saturated carbocycles. The standard InChI is InChI=1S/C10H9N3O2S/c1-12-6-11-10(13(14)15)9(12)7-4-2-3-5-8(7)16/h2-6,16H,1H3. The number of thiol groups is 1. The Labute approximate surface area is 97.3 Å². The van der Waals surface area contributed by atoms with E-state index in [4.69, 9.17) is 0 Å². The zero-order valence-electron chi connectivity index (χ0n) is 8.49. The van der Waals surface area contributed by atoms with E-state index >= 15 is 0 Å². The summed E-state index contributed by atoms with van der Waals surface area (Å²) in [5, 5.41) is 10.8. The van der Waals surface area contributed by atoms with Gasteiger partial charge in [-0.1, -0.05) is 18.2 Å². The number of imidazole rings is 1. The molecule has 0 bridgehead atoms. The lowest BCUT2D eigenvalue weighted by Crippen LogP contribution is -1.95. The van der Waals surface area contributed by atoms with Crippen molar-refractivity contribution in [2.45, 2.75) is 4.90 Å². The quantitative estimate of drug-likeness (QED) is 0.493. The molecule has 0 N–H and O–H groups in total. The molecule has 82 valence electrons. The number of aromatic nitrogens is 2. The fraction of sp³-hybridized carbons (Fsp3) is 0.100. The minimum absolute atomic E-state index is 0.149. The summed E-state index contributed by atoms with van der Waals surface area (Å²) in [5.41, 5.74) is 1.17. The molecule has 0 amide bonds. The minimum atomic E-state index is -0.491. The first-order valence-electron chi connectivity index (χ1n) is 4.55. The van der Waals surface area contributed by atoms with Crippen molar-refractivity contribution in [3.8, 4) is 11.3 Å². The van der Waals surface area contributed by atoms with Crippen LogP contribution in [0, 0.1) is 10.1 Å². The maximum Gasteiger partial charge on any atom is 0.389 e. The van der Waals surface area contributed by atoms with Gasteiger partial charge in [0.2, 0.25) is 6.33 Å². The maximum atomic E-state index is 10.8. The molecular formula is C10H9N3O2S. The minimum Gasteiger partial charge on any atom is -0.358 e. The van der Waals surface area contributed by atoms with Gasteiger partial charge in [-0.2, -0.15) is 0 Å². The maximum absolute atomic E-state index is 10.8. The lowest BCUT2D eigenvalue weighted by molar-refractivity contribution is -0.388. The van der Waals surface area contributed by atoms with Crippen molar-refractivity contribution in [3.63, 3.8) is 0 Å². The third kappa shape index (κ3) is 1.67. The summed E-state index contributed by atoms with van der Waals surface area (Å²) >= 11 is 4.28. The molecule has 0 aliphatic carbocycles. The highest BCUT2D eigenvalue weighted by Crippen LogP contribution is 2.32. The van der Waals surface area contributed by atoms with Crippen LogP contribution in [0.5, 0.6) is 0 Å². The lowest BCUT2D eigenvalue weighted by atomic mass is 10.1. The summed E-state index contributed by atoms with van der Waals surface area (Å²) in [6, 6.07) is 7.21. The Morgan fingerprint density at radius 1 is 1.44 bits per heavy atom. The topological polar surface area (TPSA) is 61.0 Å². The molecule has 1 heterocycles. The lowest BCUT2D eigenvalue weighted by Gasteiger charge is -2.04. The van der Waals surface area contributed by atoms with Gasteiger partial charge >= 0.3 is 5.82 Å². The number of aryl methyl sites for hydroxylation is 1. The SMILES string of the molecule is Cn1cnc([N+](=O)[O-])c1-c1ccccc1S. The predicted octanol–water partition coefficient (Wildman–Crippen LogP) is 2.28. The van der Waals surface area contributed by atoms with E-state index in [1.807, 2.05) is 12.1 Å². The Morgan fingerprint density at radius 3 is 2.75 bits per heavy atom. The largest absolute Gasteiger partial charge is 0.389 e. The summed E-state index contributed by atoms with van der Waals surface area (Å²) in [4.78, 5) is 14.8. The number of hydrogen-bond acceptors (Lipinski definition) is 4. The molecule has 2 aromatic rings. The van der Waals surface area contributed by atoms with Gasteiger partial charge in [0.05, 0.1) is 0 Å². The van der Waals surface area contributed by atoms with Crippen LogP contribution in [0.2, 0.25) is 0 Å². The Balaban J connectivity index is 2.68. The molecule has 2 rings (SSSR count). The fourth-order valence-electron chi connectivity index (χ4n) is 1.54. The molecule has 0 fully saturated rings. The molecule has 0 spiro atoms. The van der Waals surface area contributed by atoms with E-state index in [1.54, 1.807) is 23.7 Å². The van der Waals surface area contributed by atoms with E-state index in [0.29, 0.717) is 16.2 Å². The highest BCUT2D eigenvalue weighted by Gasteiger charge is 2.22. The summed E-state index contributed by atoms with van der Waals surface area (Å²) in [6.45, 7) is 0. The monoisotopic (exact) mass is 235 g/mol. The molecule has 5 nitrogen and oxygen atoms in total. The van der Waals surface area contributed by atoms with Crippen molar-refractivity contribution < 1.29 is 4.92 Å². The first kappa shape index (κ1) is 10.7. The van der Waals surface area contributed by atoms with Gasteiger partial charge in [0.1, 0.15) is 0 Å². The average Bonchev–Trinajstić information content (AvgIpc) is 2.61. The van der Waals surface area contributed by atoms with Crippen molar-refractivity contribution in [2.24, 2.45) is 7.05 Å². The van der Waals surface area contributed by atoms with Crippen LogP contribution in [0.1, 0.15) is 0 Å². The summed E-state index contributed by atoms with van der Waals surface area (Å²) in [5.74, 6) is -0.149. The normalized spacial score (nSPS) is 10.4. The molecule has 0 aliphatic rings. The molecule has 1 aromatic carbocycles. The molecule has 0 unspecified atom stereocenters. The van der Waals surface area contributed by atoms with Crippen LogP contribution in [-0.2, 0) is 7.05 Å². The number of rotatable bonds is 2. The van der Waals surface area contributed by atoms with E-state index in [1.165, 1.54) is 6.33 Å². The number of benzene rings is 1. The van der Waals surface area contributed by atoms with Crippen molar-refractivity contribution >= 4 is 18.4 Å². The van der Waals surface area contributed by atoms with E-state index in [2.05, 4.69) is 17.6 Å². The number of hydrogen-bond donors (Lipinski definition) is 1. The molecule has 0 saturated heterocycles. The van der Waals surface area contributed by atoms with Gasteiger partial charge in [0, 0.05) is 17.5 Å². The first-order valence-corrected chi connectivity index (χ1v) is 5.00. The van der Waals surface area contributed by atoms with Crippen molar-refractivity contribution in [2.75, 3.05) is 0 Å². The molecular weight excluding hydrogens is 226 g/mol. The van der Waals surface area contributed by atoms with Gasteiger partial charge in [-0.05, 0) is 16.0 Å². The van der Waals surface area contributed by atoms with Gasteiger partial charge in [-0.25, -0.2) is 0 Å². The second-order valence-corrected chi connectivity index (χ2v) is 3.78. The third-order valence-electron chi connectivity index (χ3n) is 2.25. The van der Waals surface area contributed by atoms with E-state index < -0.39 is 4.92 Å². The average molecular weight is 235 g/mol. The van der Waals surface area contributed by atoms with Gasteiger partial charge < -0.3 is 14.7 Å². The smallest absolute Gasteiger partial charge is 0.358 e. The second-order valence-electron chi connectivity index (χ2n) is 3.30. The van der Waals surface area contributed by atoms with Crippen LogP contribution >= 0.6 is 12.6 Å². The molecule has 0 aliphatic heterocycles. The van der Waals surface area contributed by atoms with Crippen LogP contribution < -0.4 is 0 Å². The Bertz CT molecular complexity index is 551. The summed E-state index contributed by atoms with van der Waals surface area (Å²) < 4.78 is 1.62. The van der Waals surface area contributed by atoms with Gasteiger partial charge in [0.15, 0.2) is 5.69 Å². The highest BCUT2D eigenvalue weighted by atomic mass is 32.1. The second kappa shape index (κ2) is 3.97. The van der Waals surface area contributed by atoms with Crippen molar-refractivity contribution in [3.05, 3.63) is 40.7 Å². The van der Waals surface area contributed by atoms with Crippen LogP contribution in [0.4, 0.5) is 5.82 Å². The van der Waals surface area contributed by atoms with Crippen molar-refractivity contribution in [1.82, 2.24) is 9.55 Å². The fourth-order valence-corrected chi connectivity index (χ4v) is 1.80.